The average Bonchev–Trinajstić information content (AvgIpc) is 2.42. The summed E-state index contributed by atoms with van der Waals surface area (Å²) in [7, 11) is -4.46. The molecule has 0 aliphatic carbocycles. The summed E-state index contributed by atoms with van der Waals surface area (Å²) in [6.45, 7) is 2.23. The van der Waals surface area contributed by atoms with Crippen molar-refractivity contribution in [3.63, 3.8) is 0 Å². The Morgan fingerprint density at radius 2 is 1.00 bits per heavy atom. The van der Waals surface area contributed by atoms with Crippen LogP contribution in [0.2, 0.25) is 0 Å². The molecule has 4 nitrogen and oxygen atoms in total. The molecule has 1 N–H and O–H groups in total. The molecule has 0 aliphatic heterocycles. The fraction of sp³-hybridized carbons (Fsp3) is 0.938. The van der Waals surface area contributed by atoms with Crippen LogP contribution in [0.4, 0.5) is 0 Å². The molecule has 0 aromatic heterocycles. The Labute approximate surface area is 187 Å². The maximum atomic E-state index is 10.9. The molecule has 0 aromatic carbocycles. The van der Waals surface area contributed by atoms with E-state index in [1.54, 1.807) is 0 Å². The number of unbranched alkanes of at least 4 members (excludes halogenated alkanes) is 12. The summed E-state index contributed by atoms with van der Waals surface area (Å²) in [4.78, 5) is 10.9. The van der Waals surface area contributed by atoms with Gasteiger partial charge < -0.3 is 0 Å². The van der Waals surface area contributed by atoms with Gasteiger partial charge >= 0.3 is 69.2 Å². The maximum absolute atomic E-state index is 10.9. The van der Waals surface area contributed by atoms with Gasteiger partial charge in [0.2, 0.25) is 0 Å². The van der Waals surface area contributed by atoms with Gasteiger partial charge in [0.25, 0.3) is 5.12 Å². The van der Waals surface area contributed by atoms with E-state index in [9.17, 15) is 13.2 Å². The zero-order chi connectivity index (χ0) is 16.0. The summed E-state index contributed by atoms with van der Waals surface area (Å²) in [5.41, 5.74) is 0. The van der Waals surface area contributed by atoms with Gasteiger partial charge in [-0.1, -0.05) is 84.0 Å². The molecule has 23 heavy (non-hydrogen) atoms. The van der Waals surface area contributed by atoms with E-state index in [2.05, 4.69) is 6.92 Å². The van der Waals surface area contributed by atoms with E-state index in [1.807, 2.05) is 0 Å². The van der Waals surface area contributed by atoms with Crippen molar-refractivity contribution in [3.8, 4) is 0 Å². The molecule has 0 unspecified atom stereocenters. The average molecular weight is 368 g/mol. The number of hydrogen-bond donors (Lipinski definition) is 1. The van der Waals surface area contributed by atoms with Crippen LogP contribution in [0.5, 0.6) is 0 Å². The standard InChI is InChI=1S/C16H32O4S.2Na.2H/c1-2-3-4-5-6-7-8-9-10-11-12-13-14-15-16(17)21(18,19)20;;;;/h2-15H2,1H3,(H,18,19,20);;;;. The first-order chi connectivity index (χ1) is 9.98. The van der Waals surface area contributed by atoms with Crippen molar-refractivity contribution in [1.82, 2.24) is 0 Å². The summed E-state index contributed by atoms with van der Waals surface area (Å²) in [5.74, 6) is 0. The van der Waals surface area contributed by atoms with E-state index in [-0.39, 0.29) is 65.5 Å². The molecule has 0 aliphatic rings. The second kappa shape index (κ2) is 19.9. The first-order valence-corrected chi connectivity index (χ1v) is 9.92. The molecule has 0 amide bonds. The normalized spacial score (nSPS) is 10.7. The third-order valence-corrected chi connectivity index (χ3v) is 4.55. The molecule has 0 bridgehead atoms. The van der Waals surface area contributed by atoms with Gasteiger partial charge in [-0.2, -0.15) is 8.42 Å². The van der Waals surface area contributed by atoms with Crippen LogP contribution < -0.4 is 0 Å². The van der Waals surface area contributed by atoms with Crippen LogP contribution in [0.15, 0.2) is 0 Å². The quantitative estimate of drug-likeness (QED) is 0.289. The fourth-order valence-corrected chi connectivity index (χ4v) is 2.82. The van der Waals surface area contributed by atoms with Crippen LogP contribution in [-0.4, -0.2) is 77.2 Å². The molecule has 0 aromatic rings. The SMILES string of the molecule is CCCCCCCCCCCCCCCC(=O)S(=O)(=O)O.[NaH].[NaH]. The van der Waals surface area contributed by atoms with E-state index in [0.29, 0.717) is 6.42 Å². The van der Waals surface area contributed by atoms with Crippen LogP contribution >= 0.6 is 0 Å². The summed E-state index contributed by atoms with van der Waals surface area (Å²) < 4.78 is 29.5. The Hall–Kier alpha value is 1.58. The second-order valence-corrected chi connectivity index (χ2v) is 7.25. The van der Waals surface area contributed by atoms with Crippen molar-refractivity contribution in [2.24, 2.45) is 0 Å². The molecule has 0 heterocycles. The fourth-order valence-electron chi connectivity index (χ4n) is 2.42. The van der Waals surface area contributed by atoms with Gasteiger partial charge in [-0.3, -0.25) is 9.35 Å². The van der Waals surface area contributed by atoms with E-state index in [1.165, 1.54) is 57.8 Å². The summed E-state index contributed by atoms with van der Waals surface area (Å²) in [6.07, 6.45) is 15.5. The van der Waals surface area contributed by atoms with Crippen LogP contribution in [-0.2, 0) is 14.9 Å². The van der Waals surface area contributed by atoms with E-state index < -0.39 is 15.2 Å². The predicted octanol–water partition coefficient (Wildman–Crippen LogP) is 3.59. The Morgan fingerprint density at radius 3 is 1.30 bits per heavy atom. The Bertz CT molecular complexity index is 359. The molecule has 0 fully saturated rings. The predicted molar refractivity (Wildman–Crippen MR) is 101 cm³/mol. The molecule has 0 radical (unpaired) electrons. The Morgan fingerprint density at radius 1 is 0.696 bits per heavy atom. The monoisotopic (exact) mass is 368 g/mol. The van der Waals surface area contributed by atoms with Crippen molar-refractivity contribution >= 4 is 74.3 Å². The molecule has 130 valence electrons. The van der Waals surface area contributed by atoms with E-state index in [4.69, 9.17) is 4.55 Å². The van der Waals surface area contributed by atoms with Crippen molar-refractivity contribution in [1.29, 1.82) is 0 Å². The summed E-state index contributed by atoms with van der Waals surface area (Å²) in [5, 5.41) is -1.05. The molecule has 0 atom stereocenters. The number of hydrogen-bond acceptors (Lipinski definition) is 3. The van der Waals surface area contributed by atoms with Crippen LogP contribution in [0.1, 0.15) is 96.8 Å². The minimum absolute atomic E-state index is 0. The third-order valence-electron chi connectivity index (χ3n) is 3.77. The van der Waals surface area contributed by atoms with Crippen LogP contribution in [0, 0.1) is 0 Å². The van der Waals surface area contributed by atoms with Crippen molar-refractivity contribution in [3.05, 3.63) is 0 Å². The van der Waals surface area contributed by atoms with E-state index >= 15 is 0 Å². The first kappa shape index (κ1) is 29.3. The van der Waals surface area contributed by atoms with Crippen LogP contribution in [0.25, 0.3) is 0 Å². The van der Waals surface area contributed by atoms with Gasteiger partial charge in [0.15, 0.2) is 0 Å². The van der Waals surface area contributed by atoms with Crippen LogP contribution in [0.3, 0.4) is 0 Å². The topological polar surface area (TPSA) is 71.4 Å². The zero-order valence-electron chi connectivity index (χ0n) is 13.5. The Kier molecular flexibility index (Phi) is 25.4. The number of rotatable bonds is 14. The minimum atomic E-state index is -4.46. The zero-order valence-corrected chi connectivity index (χ0v) is 14.3. The molecular weight excluding hydrogens is 334 g/mol. The molecule has 0 saturated carbocycles. The van der Waals surface area contributed by atoms with Gasteiger partial charge in [-0.25, -0.2) is 0 Å². The summed E-state index contributed by atoms with van der Waals surface area (Å²) >= 11 is 0. The number of carbonyl (C=O) groups is 1. The van der Waals surface area contributed by atoms with Gasteiger partial charge in [0.05, 0.1) is 0 Å². The second-order valence-electron chi connectivity index (χ2n) is 5.84. The molecule has 0 spiro atoms. The number of carbonyl (C=O) groups excluding carboxylic acids is 1. The van der Waals surface area contributed by atoms with Gasteiger partial charge in [-0.15, -0.1) is 0 Å². The van der Waals surface area contributed by atoms with Gasteiger partial charge in [-0.05, 0) is 6.42 Å². The van der Waals surface area contributed by atoms with E-state index in [0.717, 1.165) is 19.3 Å². The van der Waals surface area contributed by atoms with Gasteiger partial charge in [0.1, 0.15) is 0 Å². The van der Waals surface area contributed by atoms with Crippen molar-refractivity contribution in [2.45, 2.75) is 96.8 Å². The summed E-state index contributed by atoms with van der Waals surface area (Å²) in [6, 6.07) is 0. The molecule has 0 rings (SSSR count). The third kappa shape index (κ3) is 21.5. The van der Waals surface area contributed by atoms with Crippen molar-refractivity contribution in [2.75, 3.05) is 0 Å². The van der Waals surface area contributed by atoms with Gasteiger partial charge in [0, 0.05) is 6.42 Å². The molecule has 7 heteroatoms. The molecule has 0 saturated heterocycles. The molecular formula is C16H34Na2O4S. The first-order valence-electron chi connectivity index (χ1n) is 8.48. The Balaban J connectivity index is -0.00000200. The van der Waals surface area contributed by atoms with Crippen molar-refractivity contribution < 1.29 is 17.8 Å².